The van der Waals surface area contributed by atoms with Gasteiger partial charge in [0.05, 0.1) is 11.6 Å². The zero-order valence-corrected chi connectivity index (χ0v) is 12.2. The van der Waals surface area contributed by atoms with Crippen LogP contribution in [0.3, 0.4) is 0 Å². The van der Waals surface area contributed by atoms with Crippen LogP contribution in [0.2, 0.25) is 0 Å². The van der Waals surface area contributed by atoms with Gasteiger partial charge in [-0.3, -0.25) is 9.59 Å². The second kappa shape index (κ2) is 6.96. The number of hydrogen-bond acceptors (Lipinski definition) is 3. The van der Waals surface area contributed by atoms with Gasteiger partial charge in [-0.05, 0) is 23.8 Å². The lowest BCUT2D eigenvalue weighted by Crippen LogP contribution is -2.27. The van der Waals surface area contributed by atoms with Crippen molar-refractivity contribution in [3.05, 3.63) is 65.7 Å². The number of rotatable bonds is 4. The summed E-state index contributed by atoms with van der Waals surface area (Å²) in [5.41, 5.74) is -0.787. The standard InChI is InChI=1S/C17H11F3N2O2/c18-17(19,20)12-7-4-8-13(9-12)22-16(24)15(23)14(10-21)11-5-2-1-3-6-11/h1-9,14H,(H,22,24)/t14-/m1/s1. The van der Waals surface area contributed by atoms with Crippen LogP contribution in [0.15, 0.2) is 54.6 Å². The molecule has 0 fully saturated rings. The predicted octanol–water partition coefficient (Wildman–Crippen LogP) is 3.52. The third-order valence-electron chi connectivity index (χ3n) is 3.20. The number of Topliss-reactive ketones (excluding diaryl/α,β-unsaturated/α-hetero) is 1. The van der Waals surface area contributed by atoms with Crippen LogP contribution in [0.4, 0.5) is 18.9 Å². The topological polar surface area (TPSA) is 70.0 Å². The molecule has 0 unspecified atom stereocenters. The highest BCUT2D eigenvalue weighted by atomic mass is 19.4. The maximum atomic E-state index is 12.6. The molecule has 0 saturated carbocycles. The molecule has 0 aliphatic carbocycles. The van der Waals surface area contributed by atoms with E-state index in [4.69, 9.17) is 5.26 Å². The molecule has 0 saturated heterocycles. The number of carbonyl (C=O) groups excluding carboxylic acids is 2. The summed E-state index contributed by atoms with van der Waals surface area (Å²) in [4.78, 5) is 24.1. The number of anilines is 1. The van der Waals surface area contributed by atoms with Crippen molar-refractivity contribution in [3.8, 4) is 6.07 Å². The number of nitrogens with one attached hydrogen (secondary N) is 1. The first-order chi connectivity index (χ1) is 11.3. The van der Waals surface area contributed by atoms with Crippen LogP contribution in [0, 0.1) is 11.3 Å². The molecule has 1 amide bonds. The average molecular weight is 332 g/mol. The largest absolute Gasteiger partial charge is 0.416 e. The molecule has 0 heterocycles. The van der Waals surface area contributed by atoms with Crippen molar-refractivity contribution in [2.45, 2.75) is 12.1 Å². The number of alkyl halides is 3. The number of ketones is 1. The van der Waals surface area contributed by atoms with Gasteiger partial charge in [-0.1, -0.05) is 36.4 Å². The lowest BCUT2D eigenvalue weighted by Gasteiger charge is -2.11. The van der Waals surface area contributed by atoms with Gasteiger partial charge < -0.3 is 5.32 Å². The molecule has 0 aliphatic heterocycles. The van der Waals surface area contributed by atoms with Crippen molar-refractivity contribution in [2.75, 3.05) is 5.32 Å². The van der Waals surface area contributed by atoms with Crippen molar-refractivity contribution in [3.63, 3.8) is 0 Å². The fourth-order valence-electron chi connectivity index (χ4n) is 2.03. The highest BCUT2D eigenvalue weighted by Crippen LogP contribution is 2.30. The molecule has 1 atom stereocenters. The van der Waals surface area contributed by atoms with Crippen LogP contribution >= 0.6 is 0 Å². The zero-order valence-electron chi connectivity index (χ0n) is 12.2. The average Bonchev–Trinajstić information content (AvgIpc) is 2.56. The third kappa shape index (κ3) is 3.98. The highest BCUT2D eigenvalue weighted by Gasteiger charge is 2.31. The Hall–Kier alpha value is -3.14. The molecule has 7 heteroatoms. The first-order valence-corrected chi connectivity index (χ1v) is 6.80. The van der Waals surface area contributed by atoms with Gasteiger partial charge in [-0.2, -0.15) is 18.4 Å². The molecule has 122 valence electrons. The van der Waals surface area contributed by atoms with Crippen LogP contribution in [-0.2, 0) is 15.8 Å². The number of carbonyl (C=O) groups is 2. The number of nitriles is 1. The van der Waals surface area contributed by atoms with Crippen molar-refractivity contribution < 1.29 is 22.8 Å². The maximum absolute atomic E-state index is 12.6. The summed E-state index contributed by atoms with van der Waals surface area (Å²) in [5.74, 6) is -3.51. The fourth-order valence-corrected chi connectivity index (χ4v) is 2.03. The van der Waals surface area contributed by atoms with Gasteiger partial charge in [-0.25, -0.2) is 0 Å². The normalized spacial score (nSPS) is 12.1. The molecular weight excluding hydrogens is 321 g/mol. The summed E-state index contributed by atoms with van der Waals surface area (Å²) in [6.45, 7) is 0. The molecule has 24 heavy (non-hydrogen) atoms. The van der Waals surface area contributed by atoms with E-state index >= 15 is 0 Å². The van der Waals surface area contributed by atoms with Crippen LogP contribution in [-0.4, -0.2) is 11.7 Å². The Morgan fingerprint density at radius 1 is 1.04 bits per heavy atom. The second-order valence-electron chi connectivity index (χ2n) is 4.87. The minimum Gasteiger partial charge on any atom is -0.319 e. The number of nitrogens with zero attached hydrogens (tertiary/aromatic N) is 1. The summed E-state index contributed by atoms with van der Waals surface area (Å²) in [7, 11) is 0. The fraction of sp³-hybridized carbons (Fsp3) is 0.118. The van der Waals surface area contributed by atoms with E-state index in [-0.39, 0.29) is 5.69 Å². The van der Waals surface area contributed by atoms with Gasteiger partial charge in [0.15, 0.2) is 0 Å². The summed E-state index contributed by atoms with van der Waals surface area (Å²) < 4.78 is 37.9. The molecule has 0 aromatic heterocycles. The van der Waals surface area contributed by atoms with Gasteiger partial charge >= 0.3 is 6.18 Å². The summed E-state index contributed by atoms with van der Waals surface area (Å²) in [5, 5.41) is 11.2. The summed E-state index contributed by atoms with van der Waals surface area (Å²) >= 11 is 0. The first-order valence-electron chi connectivity index (χ1n) is 6.80. The molecule has 1 N–H and O–H groups in total. The number of hydrogen-bond donors (Lipinski definition) is 1. The minimum absolute atomic E-state index is 0.173. The van der Waals surface area contributed by atoms with Crippen LogP contribution in [0.25, 0.3) is 0 Å². The van der Waals surface area contributed by atoms with E-state index < -0.39 is 29.3 Å². The van der Waals surface area contributed by atoms with E-state index in [1.807, 2.05) is 0 Å². The Bertz CT molecular complexity index is 795. The Labute approximate surface area is 135 Å². The van der Waals surface area contributed by atoms with E-state index in [0.29, 0.717) is 5.56 Å². The van der Waals surface area contributed by atoms with E-state index in [1.165, 1.54) is 18.2 Å². The number of halogens is 3. The lowest BCUT2D eigenvalue weighted by atomic mass is 9.95. The van der Waals surface area contributed by atoms with Crippen LogP contribution in [0.5, 0.6) is 0 Å². The van der Waals surface area contributed by atoms with Crippen LogP contribution < -0.4 is 5.32 Å². The van der Waals surface area contributed by atoms with Crippen molar-refractivity contribution in [2.24, 2.45) is 0 Å². The van der Waals surface area contributed by atoms with Crippen molar-refractivity contribution >= 4 is 17.4 Å². The van der Waals surface area contributed by atoms with Gasteiger partial charge in [0, 0.05) is 5.69 Å². The Balaban J connectivity index is 2.18. The molecule has 4 nitrogen and oxygen atoms in total. The van der Waals surface area contributed by atoms with E-state index in [1.54, 1.807) is 24.3 Å². The van der Waals surface area contributed by atoms with E-state index in [9.17, 15) is 22.8 Å². The Morgan fingerprint density at radius 3 is 2.29 bits per heavy atom. The molecule has 2 aromatic rings. The summed E-state index contributed by atoms with van der Waals surface area (Å²) in [6.07, 6.45) is -4.57. The minimum atomic E-state index is -4.57. The third-order valence-corrected chi connectivity index (χ3v) is 3.20. The van der Waals surface area contributed by atoms with Gasteiger partial charge in [0.25, 0.3) is 5.91 Å². The molecule has 0 aliphatic rings. The quantitative estimate of drug-likeness (QED) is 0.871. The Morgan fingerprint density at radius 2 is 1.71 bits per heavy atom. The highest BCUT2D eigenvalue weighted by molar-refractivity contribution is 6.43. The smallest absolute Gasteiger partial charge is 0.319 e. The van der Waals surface area contributed by atoms with Crippen molar-refractivity contribution in [1.82, 2.24) is 0 Å². The number of amides is 1. The zero-order chi connectivity index (χ0) is 17.7. The monoisotopic (exact) mass is 332 g/mol. The first kappa shape index (κ1) is 17.2. The molecule has 0 spiro atoms. The summed E-state index contributed by atoms with van der Waals surface area (Å²) in [6, 6.07) is 13.6. The van der Waals surface area contributed by atoms with Crippen molar-refractivity contribution in [1.29, 1.82) is 5.26 Å². The maximum Gasteiger partial charge on any atom is 0.416 e. The van der Waals surface area contributed by atoms with E-state index in [0.717, 1.165) is 18.2 Å². The van der Waals surface area contributed by atoms with Gasteiger partial charge in [0.1, 0.15) is 5.92 Å². The van der Waals surface area contributed by atoms with Gasteiger partial charge in [-0.15, -0.1) is 0 Å². The second-order valence-corrected chi connectivity index (χ2v) is 4.87. The van der Waals surface area contributed by atoms with E-state index in [2.05, 4.69) is 5.32 Å². The van der Waals surface area contributed by atoms with Gasteiger partial charge in [0.2, 0.25) is 5.78 Å². The molecule has 2 aromatic carbocycles. The molecule has 2 rings (SSSR count). The predicted molar refractivity (Wildman–Crippen MR) is 79.9 cm³/mol. The Kier molecular flexibility index (Phi) is 4.99. The molecule has 0 bridgehead atoms. The number of benzene rings is 2. The lowest BCUT2D eigenvalue weighted by molar-refractivity contribution is -0.137. The molecular formula is C17H11F3N2O2. The molecule has 0 radical (unpaired) electrons. The SMILES string of the molecule is N#C[C@@H](C(=O)C(=O)Nc1cccc(C(F)(F)F)c1)c1ccccc1. The van der Waals surface area contributed by atoms with Crippen LogP contribution in [0.1, 0.15) is 17.0 Å².